The Kier molecular flexibility index (Phi) is 4.64. The average Bonchev–Trinajstić information content (AvgIpc) is 3.05. The van der Waals surface area contributed by atoms with Gasteiger partial charge in [0, 0.05) is 15.8 Å². The van der Waals surface area contributed by atoms with Gasteiger partial charge in [-0.15, -0.1) is 22.7 Å². The number of carbonyl (C=O) groups is 1. The Bertz CT molecular complexity index is 624. The van der Waals surface area contributed by atoms with Crippen LogP contribution < -0.4 is 5.32 Å². The molecule has 0 bridgehead atoms. The van der Waals surface area contributed by atoms with Crippen LogP contribution in [0.3, 0.4) is 0 Å². The van der Waals surface area contributed by atoms with E-state index in [1.165, 1.54) is 10.4 Å². The molecule has 0 spiro atoms. The lowest BCUT2D eigenvalue weighted by Gasteiger charge is -2.28. The minimum atomic E-state index is -0.778. The molecule has 1 aliphatic carbocycles. The summed E-state index contributed by atoms with van der Waals surface area (Å²) >= 11 is 9.38. The molecular weight excluding hydrogens is 326 g/mol. The third-order valence-electron chi connectivity index (χ3n) is 3.75. The number of aliphatic carboxylic acids is 1. The van der Waals surface area contributed by atoms with Crippen LogP contribution in [0.25, 0.3) is 0 Å². The molecule has 0 aromatic carbocycles. The maximum atomic E-state index is 11.1. The molecule has 0 fully saturated rings. The highest BCUT2D eigenvalue weighted by atomic mass is 35.5. The molecule has 112 valence electrons. The second-order valence-electron chi connectivity index (χ2n) is 5.21. The summed E-state index contributed by atoms with van der Waals surface area (Å²) in [5, 5.41) is 14.7. The molecule has 2 atom stereocenters. The Morgan fingerprint density at radius 3 is 3.14 bits per heavy atom. The zero-order valence-electron chi connectivity index (χ0n) is 11.3. The highest BCUT2D eigenvalue weighted by Gasteiger charge is 2.26. The summed E-state index contributed by atoms with van der Waals surface area (Å²) in [6, 6.07) is 6.05. The highest BCUT2D eigenvalue weighted by molar-refractivity contribution is 7.16. The van der Waals surface area contributed by atoms with Gasteiger partial charge in [-0.1, -0.05) is 17.7 Å². The largest absolute Gasteiger partial charge is 0.481 e. The number of aryl methyl sites for hydroxylation is 1. The summed E-state index contributed by atoms with van der Waals surface area (Å²) in [6.07, 6.45) is 3.32. The van der Waals surface area contributed by atoms with Crippen LogP contribution in [0.15, 0.2) is 23.6 Å². The van der Waals surface area contributed by atoms with Crippen molar-refractivity contribution in [3.63, 3.8) is 0 Å². The fraction of sp³-hybridized carbons (Fsp3) is 0.400. The number of thiophene rings is 2. The minimum Gasteiger partial charge on any atom is -0.481 e. The minimum absolute atomic E-state index is 0.101. The number of carboxylic acids is 1. The molecule has 2 N–H and O–H groups in total. The fourth-order valence-corrected chi connectivity index (χ4v) is 5.01. The Morgan fingerprint density at radius 2 is 2.43 bits per heavy atom. The molecule has 0 saturated heterocycles. The van der Waals surface area contributed by atoms with E-state index in [4.69, 9.17) is 16.7 Å². The molecule has 2 aromatic heterocycles. The van der Waals surface area contributed by atoms with Crippen molar-refractivity contribution in [3.8, 4) is 0 Å². The summed E-state index contributed by atoms with van der Waals surface area (Å²) in [7, 11) is 0. The molecule has 0 radical (unpaired) electrons. The second-order valence-corrected chi connectivity index (χ2v) is 7.95. The van der Waals surface area contributed by atoms with Crippen molar-refractivity contribution in [2.24, 2.45) is 0 Å². The average molecular weight is 342 g/mol. The Balaban J connectivity index is 1.81. The van der Waals surface area contributed by atoms with Crippen LogP contribution in [0.4, 0.5) is 0 Å². The van der Waals surface area contributed by atoms with Crippen molar-refractivity contribution in [2.45, 2.75) is 37.8 Å². The van der Waals surface area contributed by atoms with E-state index in [1.807, 2.05) is 23.6 Å². The van der Waals surface area contributed by atoms with Crippen molar-refractivity contribution in [2.75, 3.05) is 0 Å². The van der Waals surface area contributed by atoms with Crippen molar-refractivity contribution in [1.82, 2.24) is 5.32 Å². The quantitative estimate of drug-likeness (QED) is 0.832. The molecule has 1 aliphatic rings. The maximum absolute atomic E-state index is 11.1. The Morgan fingerprint density at radius 1 is 1.57 bits per heavy atom. The van der Waals surface area contributed by atoms with E-state index in [0.29, 0.717) is 0 Å². The number of rotatable bonds is 5. The second kappa shape index (κ2) is 6.48. The van der Waals surface area contributed by atoms with Gasteiger partial charge in [-0.05, 0) is 42.3 Å². The zero-order valence-corrected chi connectivity index (χ0v) is 13.7. The fourth-order valence-electron chi connectivity index (χ4n) is 2.84. The van der Waals surface area contributed by atoms with E-state index in [0.717, 1.165) is 28.5 Å². The number of fused-ring (bicyclic) bond motifs is 1. The Hall–Kier alpha value is -0.880. The molecule has 2 aromatic rings. The van der Waals surface area contributed by atoms with Crippen LogP contribution in [0.2, 0.25) is 4.34 Å². The summed E-state index contributed by atoms with van der Waals surface area (Å²) < 4.78 is 0.819. The predicted octanol–water partition coefficient (Wildman–Crippen LogP) is 4.65. The SMILES string of the molecule is O=C(O)CC(NC1CCCc2sc(Cl)cc21)c1cccs1. The van der Waals surface area contributed by atoms with Crippen molar-refractivity contribution < 1.29 is 9.90 Å². The zero-order chi connectivity index (χ0) is 14.8. The first kappa shape index (κ1) is 15.0. The van der Waals surface area contributed by atoms with E-state index in [-0.39, 0.29) is 18.5 Å². The third kappa shape index (κ3) is 3.48. The van der Waals surface area contributed by atoms with Gasteiger partial charge in [-0.3, -0.25) is 4.79 Å². The van der Waals surface area contributed by atoms with E-state index in [2.05, 4.69) is 5.32 Å². The van der Waals surface area contributed by atoms with Crippen LogP contribution in [-0.2, 0) is 11.2 Å². The number of halogens is 1. The normalized spacial score (nSPS) is 19.2. The summed E-state index contributed by atoms with van der Waals surface area (Å²) in [4.78, 5) is 13.6. The molecule has 6 heteroatoms. The van der Waals surface area contributed by atoms with Gasteiger partial charge in [-0.25, -0.2) is 0 Å². The smallest absolute Gasteiger partial charge is 0.305 e. The standard InChI is InChI=1S/C15H16ClNO2S2/c16-14-7-9-10(3-1-4-12(9)21-14)17-11(8-15(18)19)13-5-2-6-20-13/h2,5-7,10-11,17H,1,3-4,8H2,(H,18,19). The van der Waals surface area contributed by atoms with Crippen molar-refractivity contribution in [3.05, 3.63) is 43.2 Å². The summed E-state index contributed by atoms with van der Waals surface area (Å²) in [5.74, 6) is -0.778. The topological polar surface area (TPSA) is 49.3 Å². The van der Waals surface area contributed by atoms with Gasteiger partial charge >= 0.3 is 5.97 Å². The summed E-state index contributed by atoms with van der Waals surface area (Å²) in [6.45, 7) is 0. The molecule has 2 unspecified atom stereocenters. The van der Waals surface area contributed by atoms with Crippen LogP contribution in [-0.4, -0.2) is 11.1 Å². The van der Waals surface area contributed by atoms with E-state index in [1.54, 1.807) is 22.7 Å². The van der Waals surface area contributed by atoms with Crippen molar-refractivity contribution in [1.29, 1.82) is 0 Å². The predicted molar refractivity (Wildman–Crippen MR) is 87.5 cm³/mol. The number of carboxylic acid groups (broad SMARTS) is 1. The number of hydrogen-bond donors (Lipinski definition) is 2. The van der Waals surface area contributed by atoms with E-state index < -0.39 is 5.97 Å². The lowest BCUT2D eigenvalue weighted by atomic mass is 9.93. The first-order valence-corrected chi connectivity index (χ1v) is 9.00. The van der Waals surface area contributed by atoms with Gasteiger partial charge in [-0.2, -0.15) is 0 Å². The molecule has 0 aliphatic heterocycles. The van der Waals surface area contributed by atoms with Crippen LogP contribution in [0.1, 0.15) is 46.7 Å². The van der Waals surface area contributed by atoms with E-state index >= 15 is 0 Å². The van der Waals surface area contributed by atoms with Gasteiger partial charge in [0.25, 0.3) is 0 Å². The first-order valence-electron chi connectivity index (χ1n) is 6.93. The highest BCUT2D eigenvalue weighted by Crippen LogP contribution is 2.39. The van der Waals surface area contributed by atoms with Crippen LogP contribution >= 0.6 is 34.3 Å². The molecule has 21 heavy (non-hydrogen) atoms. The van der Waals surface area contributed by atoms with Gasteiger partial charge in [0.15, 0.2) is 0 Å². The third-order valence-corrected chi connectivity index (χ3v) is 6.08. The Labute approximate surface area is 136 Å². The molecular formula is C15H16ClNO2S2. The monoisotopic (exact) mass is 341 g/mol. The van der Waals surface area contributed by atoms with Crippen LogP contribution in [0, 0.1) is 0 Å². The molecule has 0 saturated carbocycles. The lowest BCUT2D eigenvalue weighted by Crippen LogP contribution is -2.29. The van der Waals surface area contributed by atoms with Gasteiger partial charge in [0.1, 0.15) is 0 Å². The van der Waals surface area contributed by atoms with Crippen LogP contribution in [0.5, 0.6) is 0 Å². The first-order chi connectivity index (χ1) is 10.1. The molecule has 3 rings (SSSR count). The summed E-state index contributed by atoms with van der Waals surface area (Å²) in [5.41, 5.74) is 1.25. The van der Waals surface area contributed by atoms with E-state index in [9.17, 15) is 4.79 Å². The lowest BCUT2D eigenvalue weighted by molar-refractivity contribution is -0.137. The van der Waals surface area contributed by atoms with Gasteiger partial charge in [0.2, 0.25) is 0 Å². The number of hydrogen-bond acceptors (Lipinski definition) is 4. The van der Waals surface area contributed by atoms with Gasteiger partial charge < -0.3 is 10.4 Å². The van der Waals surface area contributed by atoms with Gasteiger partial charge in [0.05, 0.1) is 16.8 Å². The molecule has 0 amide bonds. The molecule has 2 heterocycles. The number of nitrogens with one attached hydrogen (secondary N) is 1. The maximum Gasteiger partial charge on any atom is 0.305 e. The molecule has 3 nitrogen and oxygen atoms in total. The van der Waals surface area contributed by atoms with Crippen molar-refractivity contribution >= 4 is 40.2 Å².